The predicted molar refractivity (Wildman–Crippen MR) is 98.0 cm³/mol. The van der Waals surface area contributed by atoms with Gasteiger partial charge in [-0.3, -0.25) is 9.36 Å². The first-order valence-electron chi connectivity index (χ1n) is 8.51. The van der Waals surface area contributed by atoms with E-state index in [9.17, 15) is 4.79 Å². The topological polar surface area (TPSA) is 46.9 Å². The number of hydrogen-bond acceptors (Lipinski definition) is 3. The molecule has 0 aliphatic heterocycles. The second kappa shape index (κ2) is 7.41. The van der Waals surface area contributed by atoms with Crippen LogP contribution in [0.15, 0.2) is 59.4 Å². The molecule has 0 saturated heterocycles. The molecule has 0 aliphatic carbocycles. The van der Waals surface area contributed by atoms with Crippen molar-refractivity contribution in [1.29, 1.82) is 0 Å². The highest BCUT2D eigenvalue weighted by Gasteiger charge is 2.17. The summed E-state index contributed by atoms with van der Waals surface area (Å²) in [7, 11) is 0. The molecule has 0 aliphatic rings. The van der Waals surface area contributed by atoms with Gasteiger partial charge in [0.1, 0.15) is 5.82 Å². The van der Waals surface area contributed by atoms with Crippen LogP contribution < -0.4 is 10.9 Å². The van der Waals surface area contributed by atoms with Crippen LogP contribution in [0.2, 0.25) is 0 Å². The number of hydrogen-bond donors (Lipinski definition) is 1. The molecule has 1 N–H and O–H groups in total. The number of benzene rings is 2. The van der Waals surface area contributed by atoms with E-state index in [1.165, 1.54) is 5.56 Å². The van der Waals surface area contributed by atoms with Crippen LogP contribution in [0.4, 0.5) is 0 Å². The molecule has 124 valence electrons. The van der Waals surface area contributed by atoms with Gasteiger partial charge in [-0.1, -0.05) is 49.4 Å². The van der Waals surface area contributed by atoms with Crippen molar-refractivity contribution >= 4 is 10.9 Å². The van der Waals surface area contributed by atoms with Gasteiger partial charge in [0.05, 0.1) is 16.9 Å². The van der Waals surface area contributed by atoms with Gasteiger partial charge in [-0.05, 0) is 31.0 Å². The highest BCUT2D eigenvalue weighted by atomic mass is 16.1. The normalized spacial score (nSPS) is 12.4. The van der Waals surface area contributed by atoms with Crippen molar-refractivity contribution in [1.82, 2.24) is 14.9 Å². The van der Waals surface area contributed by atoms with Crippen LogP contribution in [0.1, 0.15) is 37.7 Å². The van der Waals surface area contributed by atoms with Gasteiger partial charge in [0.15, 0.2) is 0 Å². The standard InChI is InChI=1S/C20H23N3O/c1-3-17(21-14-15-10-6-5-7-11-15)19-22-18-13-9-8-12-16(18)20(24)23(19)4-2/h5-13,17,21H,3-4,14H2,1-2H3. The maximum atomic E-state index is 12.8. The summed E-state index contributed by atoms with van der Waals surface area (Å²) in [5.41, 5.74) is 2.03. The highest BCUT2D eigenvalue weighted by Crippen LogP contribution is 2.17. The molecule has 0 spiro atoms. The summed E-state index contributed by atoms with van der Waals surface area (Å²) in [6.45, 7) is 5.48. The van der Waals surface area contributed by atoms with Gasteiger partial charge in [-0.2, -0.15) is 0 Å². The largest absolute Gasteiger partial charge is 0.303 e. The third-order valence-corrected chi connectivity index (χ3v) is 4.32. The summed E-state index contributed by atoms with van der Waals surface area (Å²) < 4.78 is 1.79. The van der Waals surface area contributed by atoms with E-state index in [4.69, 9.17) is 4.98 Å². The van der Waals surface area contributed by atoms with E-state index in [0.717, 1.165) is 24.3 Å². The predicted octanol–water partition coefficient (Wildman–Crippen LogP) is 3.66. The summed E-state index contributed by atoms with van der Waals surface area (Å²) in [6.07, 6.45) is 0.873. The van der Waals surface area contributed by atoms with Gasteiger partial charge in [0.25, 0.3) is 5.56 Å². The van der Waals surface area contributed by atoms with E-state index in [2.05, 4.69) is 24.4 Å². The van der Waals surface area contributed by atoms with Crippen molar-refractivity contribution in [3.8, 4) is 0 Å². The first-order valence-corrected chi connectivity index (χ1v) is 8.51. The summed E-state index contributed by atoms with van der Waals surface area (Å²) in [4.78, 5) is 17.6. The number of rotatable bonds is 6. The van der Waals surface area contributed by atoms with Crippen LogP contribution in [0.5, 0.6) is 0 Å². The van der Waals surface area contributed by atoms with Gasteiger partial charge in [0.2, 0.25) is 0 Å². The summed E-state index contributed by atoms with van der Waals surface area (Å²) in [5.74, 6) is 0.819. The molecule has 0 radical (unpaired) electrons. The molecule has 0 amide bonds. The van der Waals surface area contributed by atoms with Crippen LogP contribution in [-0.2, 0) is 13.1 Å². The lowest BCUT2D eigenvalue weighted by Crippen LogP contribution is -2.31. The van der Waals surface area contributed by atoms with Crippen molar-refractivity contribution in [2.75, 3.05) is 0 Å². The molecule has 1 aromatic heterocycles. The third kappa shape index (κ3) is 3.24. The fourth-order valence-corrected chi connectivity index (χ4v) is 3.01. The zero-order valence-electron chi connectivity index (χ0n) is 14.2. The minimum absolute atomic E-state index is 0.0399. The van der Waals surface area contributed by atoms with Crippen LogP contribution in [0.3, 0.4) is 0 Å². The lowest BCUT2D eigenvalue weighted by atomic mass is 10.1. The molecule has 0 fully saturated rings. The lowest BCUT2D eigenvalue weighted by Gasteiger charge is -2.21. The Hall–Kier alpha value is -2.46. The van der Waals surface area contributed by atoms with E-state index in [1.54, 1.807) is 4.57 Å². The van der Waals surface area contributed by atoms with Crippen LogP contribution in [0, 0.1) is 0 Å². The Labute approximate surface area is 142 Å². The molecule has 3 rings (SSSR count). The summed E-state index contributed by atoms with van der Waals surface area (Å²) in [5, 5.41) is 4.23. The Morgan fingerprint density at radius 1 is 1.04 bits per heavy atom. The molecule has 0 saturated carbocycles. The Morgan fingerprint density at radius 3 is 2.46 bits per heavy atom. The molecule has 1 heterocycles. The zero-order chi connectivity index (χ0) is 16.9. The molecule has 3 aromatic rings. The van der Waals surface area contributed by atoms with E-state index < -0.39 is 0 Å². The maximum Gasteiger partial charge on any atom is 0.261 e. The van der Waals surface area contributed by atoms with E-state index in [-0.39, 0.29) is 11.6 Å². The monoisotopic (exact) mass is 321 g/mol. The summed E-state index contributed by atoms with van der Waals surface area (Å²) in [6, 6.07) is 17.9. The highest BCUT2D eigenvalue weighted by molar-refractivity contribution is 5.77. The second-order valence-corrected chi connectivity index (χ2v) is 5.86. The average Bonchev–Trinajstić information content (AvgIpc) is 2.63. The fourth-order valence-electron chi connectivity index (χ4n) is 3.01. The molecule has 4 nitrogen and oxygen atoms in total. The van der Waals surface area contributed by atoms with Crippen molar-refractivity contribution in [2.45, 2.75) is 39.4 Å². The van der Waals surface area contributed by atoms with Gasteiger partial charge in [-0.25, -0.2) is 4.98 Å². The molecule has 1 unspecified atom stereocenters. The van der Waals surface area contributed by atoms with E-state index >= 15 is 0 Å². The van der Waals surface area contributed by atoms with E-state index in [0.29, 0.717) is 11.9 Å². The van der Waals surface area contributed by atoms with Crippen molar-refractivity contribution in [3.05, 3.63) is 76.3 Å². The average molecular weight is 321 g/mol. The van der Waals surface area contributed by atoms with Gasteiger partial charge < -0.3 is 5.32 Å². The van der Waals surface area contributed by atoms with Gasteiger partial charge in [0, 0.05) is 13.1 Å². The Bertz CT molecular complexity index is 871. The first kappa shape index (κ1) is 16.4. The number of aromatic nitrogens is 2. The molecule has 1 atom stereocenters. The third-order valence-electron chi connectivity index (χ3n) is 4.32. The number of para-hydroxylation sites is 1. The maximum absolute atomic E-state index is 12.8. The molecule has 0 bridgehead atoms. The number of nitrogens with zero attached hydrogens (tertiary/aromatic N) is 2. The fraction of sp³-hybridized carbons (Fsp3) is 0.300. The van der Waals surface area contributed by atoms with E-state index in [1.807, 2.05) is 49.4 Å². The van der Waals surface area contributed by atoms with Gasteiger partial charge in [-0.15, -0.1) is 0 Å². The van der Waals surface area contributed by atoms with Crippen LogP contribution >= 0.6 is 0 Å². The smallest absolute Gasteiger partial charge is 0.261 e. The van der Waals surface area contributed by atoms with Crippen molar-refractivity contribution in [2.24, 2.45) is 0 Å². The van der Waals surface area contributed by atoms with Crippen LogP contribution in [0.25, 0.3) is 10.9 Å². The number of fused-ring (bicyclic) bond motifs is 1. The Balaban J connectivity index is 1.97. The van der Waals surface area contributed by atoms with Crippen molar-refractivity contribution < 1.29 is 0 Å². The molecule has 2 aromatic carbocycles. The van der Waals surface area contributed by atoms with Crippen LogP contribution in [-0.4, -0.2) is 9.55 Å². The molecular formula is C20H23N3O. The first-order chi connectivity index (χ1) is 11.7. The Kier molecular flexibility index (Phi) is 5.06. The number of nitrogens with one attached hydrogen (secondary N) is 1. The van der Waals surface area contributed by atoms with Gasteiger partial charge >= 0.3 is 0 Å². The SMILES string of the molecule is CCC(NCc1ccccc1)c1nc2ccccc2c(=O)n1CC. The zero-order valence-corrected chi connectivity index (χ0v) is 14.2. The summed E-state index contributed by atoms with van der Waals surface area (Å²) >= 11 is 0. The second-order valence-electron chi connectivity index (χ2n) is 5.86. The molecule has 24 heavy (non-hydrogen) atoms. The van der Waals surface area contributed by atoms with Crippen molar-refractivity contribution in [3.63, 3.8) is 0 Å². The Morgan fingerprint density at radius 2 is 1.75 bits per heavy atom. The minimum atomic E-state index is 0.0399. The quantitative estimate of drug-likeness (QED) is 0.754. The molecular weight excluding hydrogens is 298 g/mol. The molecule has 4 heteroatoms. The minimum Gasteiger partial charge on any atom is -0.303 e. The lowest BCUT2D eigenvalue weighted by molar-refractivity contribution is 0.462.